The van der Waals surface area contributed by atoms with Gasteiger partial charge < -0.3 is 0 Å². The van der Waals surface area contributed by atoms with Crippen molar-refractivity contribution in [2.45, 2.75) is 17.7 Å². The third kappa shape index (κ3) is 2.23. The van der Waals surface area contributed by atoms with Crippen LogP contribution < -0.4 is 0 Å². The molecule has 1 aromatic carbocycles. The van der Waals surface area contributed by atoms with Crippen molar-refractivity contribution in [3.8, 4) is 0 Å². The van der Waals surface area contributed by atoms with Crippen LogP contribution in [-0.2, 0) is 15.9 Å². The summed E-state index contributed by atoms with van der Waals surface area (Å²) in [6, 6.07) is 10.5. The maximum atomic E-state index is 3.17. The molecule has 0 saturated heterocycles. The molecular weight excluding hydrogens is 204 g/mol. The molecule has 62 valence electrons. The summed E-state index contributed by atoms with van der Waals surface area (Å²) in [5.74, 6) is 0.857. The van der Waals surface area contributed by atoms with E-state index < -0.39 is 0 Å². The van der Waals surface area contributed by atoms with Gasteiger partial charge in [-0.25, -0.2) is 0 Å². The van der Waals surface area contributed by atoms with Crippen LogP contribution in [0.15, 0.2) is 35.2 Å². The number of rotatable bonds is 3. The van der Waals surface area contributed by atoms with Crippen LogP contribution in [0.2, 0.25) is 0 Å². The van der Waals surface area contributed by atoms with Gasteiger partial charge in [0.2, 0.25) is 0 Å². The van der Waals surface area contributed by atoms with Crippen molar-refractivity contribution in [2.24, 2.45) is 5.92 Å². The second-order valence-corrected chi connectivity index (χ2v) is 5.24. The number of hydrogen-bond donors (Lipinski definition) is 0. The third-order valence-electron chi connectivity index (χ3n) is 1.87. The summed E-state index contributed by atoms with van der Waals surface area (Å²) in [7, 11) is 0. The molecule has 1 aliphatic rings. The van der Waals surface area contributed by atoms with Gasteiger partial charge in [0.1, 0.15) is 0 Å². The first kappa shape index (κ1) is 8.57. The SMILES string of the molecule is [Cr]=[C](Sc1ccccc1)C1CC1. The van der Waals surface area contributed by atoms with E-state index in [4.69, 9.17) is 0 Å². The van der Waals surface area contributed by atoms with Crippen molar-refractivity contribution in [1.29, 1.82) is 0 Å². The molecule has 0 bridgehead atoms. The van der Waals surface area contributed by atoms with E-state index in [1.54, 1.807) is 0 Å². The summed E-state index contributed by atoms with van der Waals surface area (Å²) in [6.45, 7) is 0. The van der Waals surface area contributed by atoms with E-state index in [2.05, 4.69) is 46.2 Å². The van der Waals surface area contributed by atoms with E-state index in [1.165, 1.54) is 21.4 Å². The van der Waals surface area contributed by atoms with E-state index >= 15 is 0 Å². The topological polar surface area (TPSA) is 0 Å². The average Bonchev–Trinajstić information content (AvgIpc) is 2.88. The molecule has 12 heavy (non-hydrogen) atoms. The fraction of sp³-hybridized carbons (Fsp3) is 0.300. The van der Waals surface area contributed by atoms with Gasteiger partial charge >= 0.3 is 85.3 Å². The molecule has 2 heteroatoms. The molecular formula is C10H10CrS. The van der Waals surface area contributed by atoms with Crippen LogP contribution in [0, 0.1) is 5.92 Å². The van der Waals surface area contributed by atoms with Crippen LogP contribution in [0.3, 0.4) is 0 Å². The van der Waals surface area contributed by atoms with Gasteiger partial charge in [0.05, 0.1) is 0 Å². The molecule has 1 aliphatic carbocycles. The molecule has 0 amide bonds. The first-order chi connectivity index (χ1) is 5.86. The predicted octanol–water partition coefficient (Wildman–Crippen LogP) is 2.87. The molecule has 1 fully saturated rings. The Balaban J connectivity index is 1.98. The first-order valence-electron chi connectivity index (χ1n) is 4.13. The van der Waals surface area contributed by atoms with E-state index in [-0.39, 0.29) is 0 Å². The van der Waals surface area contributed by atoms with Gasteiger partial charge in [0.25, 0.3) is 0 Å². The molecule has 2 rings (SSSR count). The molecule has 0 radical (unpaired) electrons. The van der Waals surface area contributed by atoms with E-state index in [9.17, 15) is 0 Å². The fourth-order valence-corrected chi connectivity index (χ4v) is 2.75. The zero-order valence-electron chi connectivity index (χ0n) is 6.69. The Morgan fingerprint density at radius 2 is 1.92 bits per heavy atom. The molecule has 0 spiro atoms. The summed E-state index contributed by atoms with van der Waals surface area (Å²) in [4.78, 5) is 1.35. The van der Waals surface area contributed by atoms with Crippen LogP contribution in [0.4, 0.5) is 0 Å². The maximum absolute atomic E-state index is 3.17. The molecule has 0 N–H and O–H groups in total. The minimum absolute atomic E-state index is 0.857. The van der Waals surface area contributed by atoms with Gasteiger partial charge in [-0.2, -0.15) is 0 Å². The zero-order chi connectivity index (χ0) is 8.39. The quantitative estimate of drug-likeness (QED) is 0.697. The van der Waals surface area contributed by atoms with Crippen LogP contribution in [0.25, 0.3) is 0 Å². The van der Waals surface area contributed by atoms with E-state index in [0.717, 1.165) is 5.92 Å². The van der Waals surface area contributed by atoms with E-state index in [0.29, 0.717) is 0 Å². The number of hydrogen-bond acceptors (Lipinski definition) is 1. The fourth-order valence-electron chi connectivity index (χ4n) is 1.01. The van der Waals surface area contributed by atoms with Crippen LogP contribution in [-0.4, -0.2) is 3.71 Å². The van der Waals surface area contributed by atoms with Crippen molar-refractivity contribution < 1.29 is 15.9 Å². The molecule has 0 aromatic heterocycles. The van der Waals surface area contributed by atoms with Gasteiger partial charge in [-0.15, -0.1) is 0 Å². The van der Waals surface area contributed by atoms with Crippen LogP contribution in [0.1, 0.15) is 12.8 Å². The predicted molar refractivity (Wildman–Crippen MR) is 50.0 cm³/mol. The Labute approximate surface area is 85.3 Å². The summed E-state index contributed by atoms with van der Waals surface area (Å²) in [6.07, 6.45) is 2.75. The normalized spacial score (nSPS) is 16.0. The van der Waals surface area contributed by atoms with Crippen molar-refractivity contribution >= 4 is 15.5 Å². The molecule has 0 unspecified atom stereocenters. The Kier molecular flexibility index (Phi) is 2.70. The number of thioether (sulfide) groups is 1. The van der Waals surface area contributed by atoms with Gasteiger partial charge in [0, 0.05) is 0 Å². The third-order valence-corrected chi connectivity index (χ3v) is 3.83. The second-order valence-electron chi connectivity index (χ2n) is 3.01. The summed E-state index contributed by atoms with van der Waals surface area (Å²) in [5, 5.41) is 0. The minimum atomic E-state index is 0.857. The first-order valence-corrected chi connectivity index (χ1v) is 5.58. The molecule has 1 saturated carbocycles. The summed E-state index contributed by atoms with van der Waals surface area (Å²) < 4.78 is 1.46. The monoisotopic (exact) mass is 214 g/mol. The molecule has 0 atom stereocenters. The van der Waals surface area contributed by atoms with Gasteiger partial charge in [-0.05, 0) is 0 Å². The molecule has 0 heterocycles. The Hall–Kier alpha value is -0.0275. The second kappa shape index (κ2) is 3.79. The van der Waals surface area contributed by atoms with Crippen molar-refractivity contribution in [2.75, 3.05) is 0 Å². The molecule has 1 aromatic rings. The summed E-state index contributed by atoms with van der Waals surface area (Å²) >= 11 is 5.04. The van der Waals surface area contributed by atoms with E-state index in [1.807, 2.05) is 11.8 Å². The average molecular weight is 214 g/mol. The Morgan fingerprint density at radius 3 is 2.50 bits per heavy atom. The molecule has 0 nitrogen and oxygen atoms in total. The summed E-state index contributed by atoms with van der Waals surface area (Å²) in [5.41, 5.74) is 0. The van der Waals surface area contributed by atoms with Gasteiger partial charge in [0.15, 0.2) is 0 Å². The molecule has 0 aliphatic heterocycles. The Morgan fingerprint density at radius 1 is 1.25 bits per heavy atom. The van der Waals surface area contributed by atoms with Gasteiger partial charge in [-0.1, -0.05) is 0 Å². The van der Waals surface area contributed by atoms with Crippen LogP contribution >= 0.6 is 11.8 Å². The van der Waals surface area contributed by atoms with Crippen molar-refractivity contribution in [3.05, 3.63) is 30.3 Å². The van der Waals surface area contributed by atoms with Gasteiger partial charge in [-0.3, -0.25) is 0 Å². The number of benzene rings is 1. The van der Waals surface area contributed by atoms with Crippen molar-refractivity contribution in [3.63, 3.8) is 0 Å². The standard InChI is InChI=1S/C10H10S.Cr/c1-2-4-10(5-3-1)11-8-9-6-7-9;/h1-5,9H,6-7H2;. The zero-order valence-corrected chi connectivity index (χ0v) is 8.79. The Bertz CT molecular complexity index is 277. The van der Waals surface area contributed by atoms with Crippen molar-refractivity contribution in [1.82, 2.24) is 0 Å². The van der Waals surface area contributed by atoms with Crippen LogP contribution in [0.5, 0.6) is 0 Å².